The van der Waals surface area contributed by atoms with E-state index in [1.54, 1.807) is 0 Å². The highest BCUT2D eigenvalue weighted by atomic mass is 19.2. The standard InChI is InChI=1S/C20H22F3NO/c1-2-11-25-16-9-7-14(8-10-16)13-3-5-15(6-4-13)17-12-18(21)20(23)24-19(17)22/h7-10,12-13,15H,2-6,11H2,1H3. The minimum absolute atomic E-state index is 0.106. The lowest BCUT2D eigenvalue weighted by Crippen LogP contribution is -2.14. The first-order valence-corrected chi connectivity index (χ1v) is 8.82. The monoisotopic (exact) mass is 349 g/mol. The van der Waals surface area contributed by atoms with Crippen LogP contribution in [0.3, 0.4) is 0 Å². The first kappa shape index (κ1) is 17.8. The van der Waals surface area contributed by atoms with E-state index in [1.165, 1.54) is 5.56 Å². The van der Waals surface area contributed by atoms with E-state index in [4.69, 9.17) is 4.74 Å². The van der Waals surface area contributed by atoms with Gasteiger partial charge in [0.2, 0.25) is 5.95 Å². The van der Waals surface area contributed by atoms with Crippen LogP contribution in [0.4, 0.5) is 13.2 Å². The van der Waals surface area contributed by atoms with Crippen LogP contribution in [0.15, 0.2) is 30.3 Å². The van der Waals surface area contributed by atoms with Crippen LogP contribution in [0.5, 0.6) is 5.75 Å². The Kier molecular flexibility index (Phi) is 5.61. The van der Waals surface area contributed by atoms with Gasteiger partial charge in [-0.15, -0.1) is 0 Å². The summed E-state index contributed by atoms with van der Waals surface area (Å²) in [5.41, 5.74) is 1.44. The number of ether oxygens (including phenoxy) is 1. The Balaban J connectivity index is 1.63. The maximum atomic E-state index is 13.8. The van der Waals surface area contributed by atoms with Crippen molar-refractivity contribution in [2.75, 3.05) is 6.61 Å². The molecule has 0 N–H and O–H groups in total. The molecule has 1 aromatic heterocycles. The van der Waals surface area contributed by atoms with Crippen molar-refractivity contribution in [2.45, 2.75) is 50.9 Å². The SMILES string of the molecule is CCCOc1ccc(C2CCC(c3cc(F)c(F)nc3F)CC2)cc1. The molecule has 0 spiro atoms. The molecule has 0 bridgehead atoms. The third kappa shape index (κ3) is 4.14. The van der Waals surface area contributed by atoms with Crippen LogP contribution >= 0.6 is 0 Å². The molecule has 0 unspecified atom stereocenters. The van der Waals surface area contributed by atoms with E-state index < -0.39 is 17.7 Å². The molecule has 134 valence electrons. The van der Waals surface area contributed by atoms with E-state index in [0.717, 1.165) is 43.9 Å². The normalized spacial score (nSPS) is 20.5. The molecule has 1 aromatic carbocycles. The largest absolute Gasteiger partial charge is 0.494 e. The molecule has 25 heavy (non-hydrogen) atoms. The lowest BCUT2D eigenvalue weighted by molar-refractivity contribution is 0.317. The molecule has 1 fully saturated rings. The van der Waals surface area contributed by atoms with Gasteiger partial charge in [0.15, 0.2) is 5.82 Å². The van der Waals surface area contributed by atoms with Crippen LogP contribution in [0.2, 0.25) is 0 Å². The average molecular weight is 349 g/mol. The molecule has 0 aliphatic heterocycles. The number of rotatable bonds is 5. The van der Waals surface area contributed by atoms with Crippen molar-refractivity contribution in [1.82, 2.24) is 4.98 Å². The summed E-state index contributed by atoms with van der Waals surface area (Å²) in [7, 11) is 0. The minimum atomic E-state index is -1.37. The molecule has 0 saturated heterocycles. The van der Waals surface area contributed by atoms with Crippen LogP contribution in [0, 0.1) is 17.7 Å². The van der Waals surface area contributed by atoms with E-state index in [1.807, 2.05) is 12.1 Å². The fraction of sp³-hybridized carbons (Fsp3) is 0.450. The Morgan fingerprint density at radius 3 is 2.24 bits per heavy atom. The summed E-state index contributed by atoms with van der Waals surface area (Å²) < 4.78 is 45.8. The zero-order valence-electron chi connectivity index (χ0n) is 14.3. The number of hydrogen-bond donors (Lipinski definition) is 0. The highest BCUT2D eigenvalue weighted by molar-refractivity contribution is 5.30. The minimum Gasteiger partial charge on any atom is -0.494 e. The molecule has 0 radical (unpaired) electrons. The van der Waals surface area contributed by atoms with Gasteiger partial charge < -0.3 is 4.74 Å². The average Bonchev–Trinajstić information content (AvgIpc) is 2.64. The smallest absolute Gasteiger partial charge is 0.251 e. The molecular weight excluding hydrogens is 327 g/mol. The first-order chi connectivity index (χ1) is 12.1. The summed E-state index contributed by atoms with van der Waals surface area (Å²) in [6.45, 7) is 2.77. The zero-order chi connectivity index (χ0) is 17.8. The van der Waals surface area contributed by atoms with Gasteiger partial charge in [-0.2, -0.15) is 13.8 Å². The Labute approximate surface area is 146 Å². The van der Waals surface area contributed by atoms with Gasteiger partial charge in [-0.05, 0) is 67.7 Å². The fourth-order valence-corrected chi connectivity index (χ4v) is 3.54. The molecule has 1 saturated carbocycles. The Hall–Kier alpha value is -2.04. The quantitative estimate of drug-likeness (QED) is 0.643. The number of nitrogens with zero attached hydrogens (tertiary/aromatic N) is 1. The molecule has 0 amide bonds. The lowest BCUT2D eigenvalue weighted by Gasteiger charge is -2.29. The van der Waals surface area contributed by atoms with Crippen molar-refractivity contribution in [3.63, 3.8) is 0 Å². The van der Waals surface area contributed by atoms with Crippen LogP contribution in [0.25, 0.3) is 0 Å². The van der Waals surface area contributed by atoms with Crippen molar-refractivity contribution in [3.05, 3.63) is 59.2 Å². The predicted octanol–water partition coefficient (Wildman–Crippen LogP) is 5.73. The topological polar surface area (TPSA) is 22.1 Å². The van der Waals surface area contributed by atoms with Crippen LogP contribution in [-0.4, -0.2) is 11.6 Å². The van der Waals surface area contributed by atoms with Gasteiger partial charge in [0.1, 0.15) is 5.75 Å². The number of hydrogen-bond acceptors (Lipinski definition) is 2. The molecule has 5 heteroatoms. The first-order valence-electron chi connectivity index (χ1n) is 8.82. The fourth-order valence-electron chi connectivity index (χ4n) is 3.54. The van der Waals surface area contributed by atoms with Gasteiger partial charge in [0, 0.05) is 5.56 Å². The van der Waals surface area contributed by atoms with Gasteiger partial charge in [-0.1, -0.05) is 19.1 Å². The summed E-state index contributed by atoms with van der Waals surface area (Å²) in [4.78, 5) is 3.04. The van der Waals surface area contributed by atoms with E-state index in [-0.39, 0.29) is 11.5 Å². The molecule has 0 atom stereocenters. The third-order valence-electron chi connectivity index (χ3n) is 4.91. The van der Waals surface area contributed by atoms with Crippen LogP contribution in [-0.2, 0) is 0 Å². The van der Waals surface area contributed by atoms with E-state index in [2.05, 4.69) is 24.0 Å². The molecule has 1 heterocycles. The Bertz CT molecular complexity index is 710. The highest BCUT2D eigenvalue weighted by Crippen LogP contribution is 2.41. The second-order valence-electron chi connectivity index (χ2n) is 6.61. The highest BCUT2D eigenvalue weighted by Gasteiger charge is 2.27. The summed E-state index contributed by atoms with van der Waals surface area (Å²) in [5, 5.41) is 0. The molecular formula is C20H22F3NO. The van der Waals surface area contributed by atoms with E-state index in [9.17, 15) is 13.2 Å². The number of pyridine rings is 1. The van der Waals surface area contributed by atoms with Gasteiger partial charge in [-0.3, -0.25) is 0 Å². The maximum Gasteiger partial charge on any atom is 0.251 e. The summed E-state index contributed by atoms with van der Waals surface area (Å²) in [6.07, 6.45) is 4.22. The van der Waals surface area contributed by atoms with Crippen molar-refractivity contribution in [3.8, 4) is 5.75 Å². The van der Waals surface area contributed by atoms with Crippen LogP contribution in [0.1, 0.15) is 62.0 Å². The van der Waals surface area contributed by atoms with Gasteiger partial charge >= 0.3 is 0 Å². The van der Waals surface area contributed by atoms with Crippen molar-refractivity contribution < 1.29 is 17.9 Å². The molecule has 1 aliphatic carbocycles. The van der Waals surface area contributed by atoms with Crippen molar-refractivity contribution in [1.29, 1.82) is 0 Å². The summed E-state index contributed by atoms with van der Waals surface area (Å²) >= 11 is 0. The van der Waals surface area contributed by atoms with Crippen LogP contribution < -0.4 is 4.74 Å². The summed E-state index contributed by atoms with van der Waals surface area (Å²) in [5.74, 6) is -2.18. The van der Waals surface area contributed by atoms with Gasteiger partial charge in [0.05, 0.1) is 6.61 Å². The molecule has 2 nitrogen and oxygen atoms in total. The third-order valence-corrected chi connectivity index (χ3v) is 4.91. The van der Waals surface area contributed by atoms with E-state index in [0.29, 0.717) is 12.5 Å². The van der Waals surface area contributed by atoms with Gasteiger partial charge in [-0.25, -0.2) is 4.39 Å². The Morgan fingerprint density at radius 1 is 0.960 bits per heavy atom. The van der Waals surface area contributed by atoms with Gasteiger partial charge in [0.25, 0.3) is 5.95 Å². The maximum absolute atomic E-state index is 13.8. The summed E-state index contributed by atoms with van der Waals surface area (Å²) in [6, 6.07) is 9.08. The second-order valence-corrected chi connectivity index (χ2v) is 6.61. The lowest BCUT2D eigenvalue weighted by atomic mass is 9.76. The van der Waals surface area contributed by atoms with E-state index >= 15 is 0 Å². The predicted molar refractivity (Wildman–Crippen MR) is 90.3 cm³/mol. The molecule has 3 rings (SSSR count). The zero-order valence-corrected chi connectivity index (χ0v) is 14.3. The molecule has 2 aromatic rings. The van der Waals surface area contributed by atoms with Crippen molar-refractivity contribution >= 4 is 0 Å². The molecule has 1 aliphatic rings. The van der Waals surface area contributed by atoms with Crippen molar-refractivity contribution in [2.24, 2.45) is 0 Å². The Morgan fingerprint density at radius 2 is 1.60 bits per heavy atom. The number of aromatic nitrogens is 1. The second kappa shape index (κ2) is 7.89. The number of benzene rings is 1. The number of halogens is 3.